The van der Waals surface area contributed by atoms with E-state index < -0.39 is 0 Å². The van der Waals surface area contributed by atoms with Crippen molar-refractivity contribution in [3.63, 3.8) is 0 Å². The van der Waals surface area contributed by atoms with Crippen LogP contribution in [0.2, 0.25) is 0 Å². The number of hydrogen-bond donors (Lipinski definition) is 2. The molecule has 1 aliphatic rings. The maximum Gasteiger partial charge on any atom is 0.195 e. The minimum atomic E-state index is 0.772. The van der Waals surface area contributed by atoms with Gasteiger partial charge in [-0.05, 0) is 11.6 Å². The zero-order valence-corrected chi connectivity index (χ0v) is 12.2. The number of aromatic nitrogens is 2. The first kappa shape index (κ1) is 12.9. The van der Waals surface area contributed by atoms with Crippen LogP contribution in [-0.2, 0) is 6.54 Å². The molecule has 0 aliphatic carbocycles. The molecule has 0 radical (unpaired) electrons. The van der Waals surface area contributed by atoms with Crippen molar-refractivity contribution < 1.29 is 0 Å². The maximum atomic E-state index is 4.72. The van der Waals surface area contributed by atoms with Crippen molar-refractivity contribution in [1.29, 1.82) is 0 Å². The third-order valence-electron chi connectivity index (χ3n) is 3.70. The number of fused-ring (bicyclic) bond motifs is 1. The molecule has 0 saturated heterocycles. The molecule has 0 bridgehead atoms. The van der Waals surface area contributed by atoms with Gasteiger partial charge in [0.2, 0.25) is 0 Å². The summed E-state index contributed by atoms with van der Waals surface area (Å²) in [6.45, 7) is 2.48. The Hall–Kier alpha value is -2.82. The minimum absolute atomic E-state index is 0.772. The number of anilines is 1. The SMILES string of the molecule is c1ccc(Cn2cc3cccc(NC4=NCCN4)c3n2)cc1. The fourth-order valence-electron chi connectivity index (χ4n) is 2.66. The van der Waals surface area contributed by atoms with E-state index in [4.69, 9.17) is 5.10 Å². The number of hydrogen-bond acceptors (Lipinski definition) is 4. The van der Waals surface area contributed by atoms with Crippen LogP contribution >= 0.6 is 0 Å². The molecule has 3 aromatic rings. The summed E-state index contributed by atoms with van der Waals surface area (Å²) in [6.07, 6.45) is 2.08. The van der Waals surface area contributed by atoms with E-state index in [9.17, 15) is 0 Å². The molecule has 0 atom stereocenters. The molecule has 1 aliphatic heterocycles. The van der Waals surface area contributed by atoms with Crippen LogP contribution in [0.5, 0.6) is 0 Å². The Morgan fingerprint density at radius 2 is 2.00 bits per heavy atom. The lowest BCUT2D eigenvalue weighted by Crippen LogP contribution is -2.26. The highest BCUT2D eigenvalue weighted by Crippen LogP contribution is 2.22. The highest BCUT2D eigenvalue weighted by molar-refractivity contribution is 6.02. The zero-order valence-electron chi connectivity index (χ0n) is 12.2. The summed E-state index contributed by atoms with van der Waals surface area (Å²) in [7, 11) is 0. The Morgan fingerprint density at radius 3 is 2.82 bits per heavy atom. The first-order valence-corrected chi connectivity index (χ1v) is 7.44. The van der Waals surface area contributed by atoms with E-state index in [0.29, 0.717) is 0 Å². The number of rotatable bonds is 3. The standard InChI is InChI=1S/C17H17N5/c1-2-5-13(6-3-1)11-22-12-14-7-4-8-15(16(14)21-22)20-17-18-9-10-19-17/h1-8,12H,9-11H2,(H2,18,19,20). The van der Waals surface area contributed by atoms with Gasteiger partial charge in [0.05, 0.1) is 18.8 Å². The fraction of sp³-hybridized carbons (Fsp3) is 0.176. The van der Waals surface area contributed by atoms with Gasteiger partial charge < -0.3 is 10.6 Å². The molecule has 2 N–H and O–H groups in total. The van der Waals surface area contributed by atoms with E-state index in [1.807, 2.05) is 22.9 Å². The van der Waals surface area contributed by atoms with Crippen molar-refractivity contribution in [2.45, 2.75) is 6.54 Å². The molecule has 2 aromatic carbocycles. The molecule has 0 amide bonds. The molecule has 0 spiro atoms. The van der Waals surface area contributed by atoms with Crippen molar-refractivity contribution in [2.24, 2.45) is 4.99 Å². The smallest absolute Gasteiger partial charge is 0.195 e. The van der Waals surface area contributed by atoms with Crippen molar-refractivity contribution >= 4 is 22.5 Å². The predicted molar refractivity (Wildman–Crippen MR) is 89.2 cm³/mol. The summed E-state index contributed by atoms with van der Waals surface area (Å²) < 4.78 is 1.98. The van der Waals surface area contributed by atoms with Crippen LogP contribution in [0, 0.1) is 0 Å². The molecular weight excluding hydrogens is 274 g/mol. The van der Waals surface area contributed by atoms with Gasteiger partial charge in [-0.3, -0.25) is 9.67 Å². The summed E-state index contributed by atoms with van der Waals surface area (Å²) in [5, 5.41) is 12.4. The average molecular weight is 291 g/mol. The van der Waals surface area contributed by atoms with E-state index in [2.05, 4.69) is 52.2 Å². The molecule has 2 heterocycles. The summed E-state index contributed by atoms with van der Waals surface area (Å²) in [5.74, 6) is 0.824. The number of nitrogens with zero attached hydrogens (tertiary/aromatic N) is 3. The summed E-state index contributed by atoms with van der Waals surface area (Å²) in [6, 6.07) is 16.5. The topological polar surface area (TPSA) is 54.2 Å². The van der Waals surface area contributed by atoms with Gasteiger partial charge in [0.25, 0.3) is 0 Å². The molecule has 110 valence electrons. The second kappa shape index (κ2) is 5.52. The second-order valence-electron chi connectivity index (χ2n) is 5.34. The van der Waals surface area contributed by atoms with Crippen molar-refractivity contribution in [2.75, 3.05) is 18.4 Å². The van der Waals surface area contributed by atoms with Gasteiger partial charge in [0, 0.05) is 18.1 Å². The molecule has 0 unspecified atom stereocenters. The van der Waals surface area contributed by atoms with E-state index in [1.54, 1.807) is 0 Å². The van der Waals surface area contributed by atoms with Crippen molar-refractivity contribution in [3.05, 3.63) is 60.3 Å². The quantitative estimate of drug-likeness (QED) is 0.779. The lowest BCUT2D eigenvalue weighted by Gasteiger charge is -2.06. The number of nitrogens with one attached hydrogen (secondary N) is 2. The van der Waals surface area contributed by atoms with Gasteiger partial charge in [0.1, 0.15) is 5.52 Å². The lowest BCUT2D eigenvalue weighted by atomic mass is 10.2. The van der Waals surface area contributed by atoms with Crippen molar-refractivity contribution in [1.82, 2.24) is 15.1 Å². The van der Waals surface area contributed by atoms with Crippen LogP contribution in [-0.4, -0.2) is 28.8 Å². The van der Waals surface area contributed by atoms with Crippen LogP contribution in [0.15, 0.2) is 59.7 Å². The highest BCUT2D eigenvalue weighted by atomic mass is 15.3. The van der Waals surface area contributed by atoms with Gasteiger partial charge in [0.15, 0.2) is 5.96 Å². The predicted octanol–water partition coefficient (Wildman–Crippen LogP) is 2.46. The number of guanidine groups is 1. The van der Waals surface area contributed by atoms with Gasteiger partial charge in [-0.2, -0.15) is 5.10 Å². The van der Waals surface area contributed by atoms with Gasteiger partial charge >= 0.3 is 0 Å². The Morgan fingerprint density at radius 1 is 1.09 bits per heavy atom. The summed E-state index contributed by atoms with van der Waals surface area (Å²) >= 11 is 0. The summed E-state index contributed by atoms with van der Waals surface area (Å²) in [5.41, 5.74) is 3.19. The third kappa shape index (κ3) is 2.53. The molecule has 0 saturated carbocycles. The Kier molecular flexibility index (Phi) is 3.23. The number of aliphatic imine (C=N–C) groups is 1. The minimum Gasteiger partial charge on any atom is -0.354 e. The van der Waals surface area contributed by atoms with E-state index in [0.717, 1.165) is 42.2 Å². The molecule has 0 fully saturated rings. The molecule has 5 heteroatoms. The van der Waals surface area contributed by atoms with Crippen molar-refractivity contribution in [3.8, 4) is 0 Å². The van der Waals surface area contributed by atoms with E-state index in [1.165, 1.54) is 5.56 Å². The Balaban J connectivity index is 1.65. The normalized spacial score (nSPS) is 13.9. The maximum absolute atomic E-state index is 4.72. The van der Waals surface area contributed by atoms with Crippen LogP contribution in [0.4, 0.5) is 5.69 Å². The average Bonchev–Trinajstić information content (AvgIpc) is 3.18. The monoisotopic (exact) mass is 291 g/mol. The van der Waals surface area contributed by atoms with Crippen LogP contribution in [0.25, 0.3) is 10.9 Å². The largest absolute Gasteiger partial charge is 0.354 e. The molecule has 5 nitrogen and oxygen atoms in total. The van der Waals surface area contributed by atoms with Gasteiger partial charge in [-0.25, -0.2) is 0 Å². The first-order chi connectivity index (χ1) is 10.9. The van der Waals surface area contributed by atoms with Crippen LogP contribution in [0.3, 0.4) is 0 Å². The highest BCUT2D eigenvalue weighted by Gasteiger charge is 2.10. The lowest BCUT2D eigenvalue weighted by molar-refractivity contribution is 0.696. The molecular formula is C17H17N5. The second-order valence-corrected chi connectivity index (χ2v) is 5.34. The Bertz CT molecular complexity index is 819. The zero-order chi connectivity index (χ0) is 14.8. The van der Waals surface area contributed by atoms with Crippen LogP contribution < -0.4 is 10.6 Å². The third-order valence-corrected chi connectivity index (χ3v) is 3.70. The summed E-state index contributed by atoms with van der Waals surface area (Å²) in [4.78, 5) is 4.37. The van der Waals surface area contributed by atoms with Gasteiger partial charge in [-0.1, -0.05) is 42.5 Å². The van der Waals surface area contributed by atoms with Crippen LogP contribution in [0.1, 0.15) is 5.56 Å². The van der Waals surface area contributed by atoms with E-state index in [-0.39, 0.29) is 0 Å². The fourth-order valence-corrected chi connectivity index (χ4v) is 2.66. The molecule has 1 aromatic heterocycles. The van der Waals surface area contributed by atoms with E-state index >= 15 is 0 Å². The van der Waals surface area contributed by atoms with Gasteiger partial charge in [-0.15, -0.1) is 0 Å². The first-order valence-electron chi connectivity index (χ1n) is 7.44. The Labute approximate surface area is 128 Å². The molecule has 4 rings (SSSR count). The molecule has 22 heavy (non-hydrogen) atoms. The number of benzene rings is 2.